The van der Waals surface area contributed by atoms with E-state index in [0.29, 0.717) is 25.7 Å². The molecule has 3 rings (SSSR count). The normalized spacial score (nSPS) is 16.7. The van der Waals surface area contributed by atoms with Crippen LogP contribution in [0.5, 0.6) is 0 Å². The van der Waals surface area contributed by atoms with Crippen LogP contribution in [0.25, 0.3) is 0 Å². The predicted octanol–water partition coefficient (Wildman–Crippen LogP) is 4.28. The molecule has 124 valence electrons. The lowest BCUT2D eigenvalue weighted by Crippen LogP contribution is -2.26. The molecular weight excluding hydrogens is 316 g/mol. The van der Waals surface area contributed by atoms with Gasteiger partial charge in [-0.25, -0.2) is 0 Å². The number of thioether (sulfide) groups is 1. The first-order valence-electron chi connectivity index (χ1n) is 8.40. The molecule has 1 aliphatic carbocycles. The first-order chi connectivity index (χ1) is 11.7. The Morgan fingerprint density at radius 2 is 1.92 bits per heavy atom. The summed E-state index contributed by atoms with van der Waals surface area (Å²) in [6, 6.07) is 16.3. The fraction of sp³-hybridized carbons (Fsp3) is 0.333. The van der Waals surface area contributed by atoms with Gasteiger partial charge in [-0.1, -0.05) is 36.4 Å². The van der Waals surface area contributed by atoms with Crippen LogP contribution in [0.15, 0.2) is 53.4 Å². The van der Waals surface area contributed by atoms with Gasteiger partial charge in [0.2, 0.25) is 0 Å². The first-order valence-corrected chi connectivity index (χ1v) is 9.62. The van der Waals surface area contributed by atoms with E-state index in [1.807, 2.05) is 36.6 Å². The molecule has 0 fully saturated rings. The Hall–Kier alpha value is -1.87. The van der Waals surface area contributed by atoms with Gasteiger partial charge in [0.15, 0.2) is 0 Å². The van der Waals surface area contributed by atoms with Gasteiger partial charge >= 0.3 is 0 Å². The van der Waals surface area contributed by atoms with Gasteiger partial charge < -0.3 is 0 Å². The second kappa shape index (κ2) is 7.80. The fourth-order valence-corrected chi connectivity index (χ4v) is 3.82. The van der Waals surface area contributed by atoms with Crippen LogP contribution in [0.2, 0.25) is 0 Å². The third-order valence-corrected chi connectivity index (χ3v) is 5.44. The number of benzene rings is 2. The number of rotatable bonds is 6. The van der Waals surface area contributed by atoms with Crippen molar-refractivity contribution < 1.29 is 9.59 Å². The van der Waals surface area contributed by atoms with Gasteiger partial charge in [0.25, 0.3) is 0 Å². The molecule has 0 aliphatic heterocycles. The fourth-order valence-electron chi connectivity index (χ4n) is 3.34. The second-order valence-electron chi connectivity index (χ2n) is 6.42. The first kappa shape index (κ1) is 17.0. The van der Waals surface area contributed by atoms with Gasteiger partial charge in [-0.05, 0) is 47.9 Å². The number of carbonyl (C=O) groups excluding carboxylic acids is 2. The molecule has 24 heavy (non-hydrogen) atoms. The summed E-state index contributed by atoms with van der Waals surface area (Å²) in [4.78, 5) is 25.8. The van der Waals surface area contributed by atoms with E-state index in [9.17, 15) is 9.59 Å². The molecule has 0 amide bonds. The maximum atomic E-state index is 12.3. The molecule has 3 heteroatoms. The molecule has 2 aromatic rings. The highest BCUT2D eigenvalue weighted by Gasteiger charge is 2.26. The van der Waals surface area contributed by atoms with Crippen LogP contribution in [0.1, 0.15) is 29.5 Å². The zero-order valence-corrected chi connectivity index (χ0v) is 14.8. The van der Waals surface area contributed by atoms with Crippen LogP contribution in [-0.4, -0.2) is 17.8 Å². The second-order valence-corrected chi connectivity index (χ2v) is 7.30. The van der Waals surface area contributed by atoms with Crippen molar-refractivity contribution in [2.24, 2.45) is 5.92 Å². The Morgan fingerprint density at radius 1 is 1.12 bits per heavy atom. The van der Waals surface area contributed by atoms with Crippen molar-refractivity contribution in [2.45, 2.75) is 37.0 Å². The maximum absolute atomic E-state index is 12.3. The summed E-state index contributed by atoms with van der Waals surface area (Å²) in [5.74, 6) is 0.507. The average molecular weight is 338 g/mol. The van der Waals surface area contributed by atoms with E-state index in [2.05, 4.69) is 18.2 Å². The van der Waals surface area contributed by atoms with Crippen molar-refractivity contribution in [3.05, 3.63) is 65.2 Å². The zero-order chi connectivity index (χ0) is 16.9. The van der Waals surface area contributed by atoms with E-state index in [4.69, 9.17) is 0 Å². The molecule has 0 unspecified atom stereocenters. The summed E-state index contributed by atoms with van der Waals surface area (Å²) >= 11 is 1.68. The summed E-state index contributed by atoms with van der Waals surface area (Å²) in [5, 5.41) is 0. The molecule has 0 radical (unpaired) electrons. The van der Waals surface area contributed by atoms with Crippen molar-refractivity contribution in [1.82, 2.24) is 0 Å². The number of ketones is 2. The molecule has 2 aromatic carbocycles. The monoisotopic (exact) mass is 338 g/mol. The molecule has 0 bridgehead atoms. The minimum Gasteiger partial charge on any atom is -0.299 e. The van der Waals surface area contributed by atoms with E-state index in [-0.39, 0.29) is 17.5 Å². The molecule has 0 aromatic heterocycles. The number of carbonyl (C=O) groups is 2. The Labute approximate surface area is 147 Å². The van der Waals surface area contributed by atoms with Crippen LogP contribution < -0.4 is 0 Å². The van der Waals surface area contributed by atoms with Crippen LogP contribution in [0.4, 0.5) is 0 Å². The summed E-state index contributed by atoms with van der Waals surface area (Å²) in [7, 11) is 0. The smallest absolute Gasteiger partial charge is 0.140 e. The standard InChI is InChI=1S/C21H22O2S/c1-24-20-8-4-5-15(12-20)11-19(22)10-9-18-13-16-6-2-3-7-17(16)14-21(18)23/h2-8,12,18H,9-11,13-14H2,1H3/t18-/m0/s1. The minimum absolute atomic E-state index is 0.00128. The lowest BCUT2D eigenvalue weighted by Gasteiger charge is -2.23. The summed E-state index contributed by atoms with van der Waals surface area (Å²) < 4.78 is 0. The topological polar surface area (TPSA) is 34.1 Å². The van der Waals surface area contributed by atoms with Crippen molar-refractivity contribution in [2.75, 3.05) is 6.26 Å². The van der Waals surface area contributed by atoms with E-state index in [0.717, 1.165) is 17.5 Å². The van der Waals surface area contributed by atoms with Crippen LogP contribution in [0.3, 0.4) is 0 Å². The van der Waals surface area contributed by atoms with E-state index < -0.39 is 0 Å². The molecule has 0 N–H and O–H groups in total. The van der Waals surface area contributed by atoms with Crippen molar-refractivity contribution >= 4 is 23.3 Å². The van der Waals surface area contributed by atoms with Gasteiger partial charge in [0.1, 0.15) is 11.6 Å². The number of hydrogen-bond donors (Lipinski definition) is 0. The lowest BCUT2D eigenvalue weighted by molar-refractivity contribution is -0.123. The predicted molar refractivity (Wildman–Crippen MR) is 98.5 cm³/mol. The Balaban J connectivity index is 1.55. The van der Waals surface area contributed by atoms with Gasteiger partial charge in [0, 0.05) is 30.1 Å². The molecule has 0 saturated carbocycles. The summed E-state index contributed by atoms with van der Waals surface area (Å²) in [5.41, 5.74) is 3.48. The number of hydrogen-bond acceptors (Lipinski definition) is 3. The van der Waals surface area contributed by atoms with E-state index in [1.165, 1.54) is 10.5 Å². The molecule has 1 aliphatic rings. The zero-order valence-electron chi connectivity index (χ0n) is 14.0. The maximum Gasteiger partial charge on any atom is 0.140 e. The minimum atomic E-state index is 0.00128. The number of fused-ring (bicyclic) bond motifs is 1. The summed E-state index contributed by atoms with van der Waals surface area (Å²) in [6.45, 7) is 0. The van der Waals surface area contributed by atoms with Crippen molar-refractivity contribution in [1.29, 1.82) is 0 Å². The molecule has 1 atom stereocenters. The average Bonchev–Trinajstić information content (AvgIpc) is 2.60. The van der Waals surface area contributed by atoms with Gasteiger partial charge in [-0.2, -0.15) is 0 Å². The Bertz CT molecular complexity index is 751. The quantitative estimate of drug-likeness (QED) is 0.737. The Morgan fingerprint density at radius 3 is 2.71 bits per heavy atom. The highest BCUT2D eigenvalue weighted by molar-refractivity contribution is 7.98. The van der Waals surface area contributed by atoms with Gasteiger partial charge in [-0.15, -0.1) is 11.8 Å². The van der Waals surface area contributed by atoms with Crippen LogP contribution in [-0.2, 0) is 28.9 Å². The third kappa shape index (κ3) is 4.15. The lowest BCUT2D eigenvalue weighted by atomic mass is 9.80. The molecule has 0 heterocycles. The molecule has 2 nitrogen and oxygen atoms in total. The van der Waals surface area contributed by atoms with Crippen LogP contribution in [0, 0.1) is 5.92 Å². The molecule has 0 spiro atoms. The summed E-state index contributed by atoms with van der Waals surface area (Å²) in [6.07, 6.45) is 4.96. The van der Waals surface area contributed by atoms with Gasteiger partial charge in [0.05, 0.1) is 0 Å². The molecular formula is C21H22O2S. The van der Waals surface area contributed by atoms with Crippen molar-refractivity contribution in [3.63, 3.8) is 0 Å². The molecule has 0 saturated heterocycles. The SMILES string of the molecule is CSc1cccc(CC(=O)CC[C@H]2Cc3ccccc3CC2=O)c1. The highest BCUT2D eigenvalue weighted by Crippen LogP contribution is 2.26. The number of Topliss-reactive ketones (excluding diaryl/α,β-unsaturated/α-hetero) is 2. The van der Waals surface area contributed by atoms with E-state index >= 15 is 0 Å². The van der Waals surface area contributed by atoms with Gasteiger partial charge in [-0.3, -0.25) is 9.59 Å². The van der Waals surface area contributed by atoms with E-state index in [1.54, 1.807) is 11.8 Å². The third-order valence-electron chi connectivity index (χ3n) is 4.71. The Kier molecular flexibility index (Phi) is 5.52. The largest absolute Gasteiger partial charge is 0.299 e. The highest BCUT2D eigenvalue weighted by atomic mass is 32.2. The van der Waals surface area contributed by atoms with Crippen molar-refractivity contribution in [3.8, 4) is 0 Å². The van der Waals surface area contributed by atoms with Crippen LogP contribution >= 0.6 is 11.8 Å².